The van der Waals surface area contributed by atoms with Crippen molar-refractivity contribution in [3.63, 3.8) is 0 Å². The standard InChI is InChI=1S/C27H26N2O7S/c1-3-36-27(33)25-16(2)19(10-12-24(30)31)23(28-25)14-21-20-13-18(9-11-22(20)29-26(21)32)37(34,35)15-17-7-5-4-6-8-17/h4-9,11,13-14,28H,3,10,12,15H2,1-2H3,(H,29,32)(H,30,31). The molecule has 1 aliphatic heterocycles. The van der Waals surface area contributed by atoms with Crippen molar-refractivity contribution in [3.05, 3.63) is 82.2 Å². The molecule has 3 aromatic rings. The third kappa shape index (κ3) is 5.49. The summed E-state index contributed by atoms with van der Waals surface area (Å²) in [5.41, 5.74) is 3.34. The molecule has 2 aromatic carbocycles. The summed E-state index contributed by atoms with van der Waals surface area (Å²) >= 11 is 0. The SMILES string of the molecule is CCOC(=O)c1[nH]c(C=C2C(=O)Nc3ccc(S(=O)(=O)Cc4ccccc4)cc32)c(CCC(=O)O)c1C. The van der Waals surface area contributed by atoms with E-state index in [1.54, 1.807) is 50.2 Å². The first-order chi connectivity index (χ1) is 17.6. The van der Waals surface area contributed by atoms with Gasteiger partial charge in [0.15, 0.2) is 9.84 Å². The Morgan fingerprint density at radius 1 is 1.11 bits per heavy atom. The highest BCUT2D eigenvalue weighted by atomic mass is 32.2. The maximum absolute atomic E-state index is 13.1. The first-order valence-corrected chi connectivity index (χ1v) is 13.3. The third-order valence-corrected chi connectivity index (χ3v) is 7.79. The zero-order chi connectivity index (χ0) is 26.7. The van der Waals surface area contributed by atoms with E-state index in [2.05, 4.69) is 10.3 Å². The van der Waals surface area contributed by atoms with Gasteiger partial charge in [-0.05, 0) is 61.2 Å². The summed E-state index contributed by atoms with van der Waals surface area (Å²) in [6.07, 6.45) is 1.46. The van der Waals surface area contributed by atoms with Crippen LogP contribution in [0.5, 0.6) is 0 Å². The summed E-state index contributed by atoms with van der Waals surface area (Å²) in [7, 11) is -3.70. The quantitative estimate of drug-likeness (QED) is 0.285. The van der Waals surface area contributed by atoms with E-state index in [1.807, 2.05) is 0 Å². The van der Waals surface area contributed by atoms with Crippen molar-refractivity contribution in [1.29, 1.82) is 0 Å². The maximum Gasteiger partial charge on any atom is 0.355 e. The number of ether oxygens (including phenoxy) is 1. The van der Waals surface area contributed by atoms with E-state index in [9.17, 15) is 27.9 Å². The van der Waals surface area contributed by atoms with Crippen LogP contribution in [0.1, 0.15) is 51.8 Å². The van der Waals surface area contributed by atoms with Crippen molar-refractivity contribution >= 4 is 45.0 Å². The van der Waals surface area contributed by atoms with Crippen molar-refractivity contribution < 1.29 is 32.6 Å². The predicted molar refractivity (Wildman–Crippen MR) is 138 cm³/mol. The van der Waals surface area contributed by atoms with Crippen LogP contribution < -0.4 is 5.32 Å². The highest BCUT2D eigenvalue weighted by molar-refractivity contribution is 7.90. The minimum absolute atomic E-state index is 0.0680. The number of carbonyl (C=O) groups excluding carboxylic acids is 2. The van der Waals surface area contributed by atoms with E-state index < -0.39 is 27.7 Å². The topological polar surface area (TPSA) is 143 Å². The van der Waals surface area contributed by atoms with Gasteiger partial charge >= 0.3 is 11.9 Å². The summed E-state index contributed by atoms with van der Waals surface area (Å²) < 4.78 is 31.3. The number of fused-ring (bicyclic) bond motifs is 1. The molecule has 1 aromatic heterocycles. The molecule has 37 heavy (non-hydrogen) atoms. The molecule has 0 fully saturated rings. The Morgan fingerprint density at radius 2 is 1.84 bits per heavy atom. The highest BCUT2D eigenvalue weighted by Crippen LogP contribution is 2.36. The van der Waals surface area contributed by atoms with Gasteiger partial charge in [0, 0.05) is 23.4 Å². The van der Waals surface area contributed by atoms with Gasteiger partial charge in [0.1, 0.15) is 5.69 Å². The molecule has 10 heteroatoms. The lowest BCUT2D eigenvalue weighted by atomic mass is 10.0. The monoisotopic (exact) mass is 522 g/mol. The fourth-order valence-electron chi connectivity index (χ4n) is 4.27. The maximum atomic E-state index is 13.1. The van der Waals surface area contributed by atoms with Crippen LogP contribution in [0.15, 0.2) is 53.4 Å². The van der Waals surface area contributed by atoms with Gasteiger partial charge < -0.3 is 20.1 Å². The van der Waals surface area contributed by atoms with Crippen LogP contribution in [0.4, 0.5) is 5.69 Å². The number of hydrogen-bond donors (Lipinski definition) is 3. The molecular formula is C27H26N2O7S. The summed E-state index contributed by atoms with van der Waals surface area (Å²) in [6, 6.07) is 13.3. The van der Waals surface area contributed by atoms with Gasteiger partial charge in [-0.15, -0.1) is 0 Å². The number of rotatable bonds is 9. The molecule has 192 valence electrons. The molecule has 2 heterocycles. The lowest BCUT2D eigenvalue weighted by Crippen LogP contribution is -2.07. The molecule has 0 bridgehead atoms. The molecule has 0 radical (unpaired) electrons. The van der Waals surface area contributed by atoms with Gasteiger partial charge in [-0.25, -0.2) is 13.2 Å². The number of aromatic amines is 1. The zero-order valence-corrected chi connectivity index (χ0v) is 21.1. The van der Waals surface area contributed by atoms with Crippen molar-refractivity contribution in [2.24, 2.45) is 0 Å². The van der Waals surface area contributed by atoms with Crippen molar-refractivity contribution in [3.8, 4) is 0 Å². The lowest BCUT2D eigenvalue weighted by Gasteiger charge is -2.07. The van der Waals surface area contributed by atoms with Gasteiger partial charge in [0.2, 0.25) is 0 Å². The number of carbonyl (C=O) groups is 3. The van der Waals surface area contributed by atoms with E-state index in [4.69, 9.17) is 4.74 Å². The van der Waals surface area contributed by atoms with E-state index in [0.29, 0.717) is 33.6 Å². The fourth-order valence-corrected chi connectivity index (χ4v) is 5.64. The Bertz CT molecular complexity index is 1520. The Kier molecular flexibility index (Phi) is 7.30. The molecule has 9 nitrogen and oxygen atoms in total. The number of anilines is 1. The second-order valence-electron chi connectivity index (χ2n) is 8.60. The number of aromatic nitrogens is 1. The number of aliphatic carboxylic acids is 1. The minimum Gasteiger partial charge on any atom is -0.481 e. The number of sulfone groups is 1. The lowest BCUT2D eigenvalue weighted by molar-refractivity contribution is -0.137. The number of carboxylic acid groups (broad SMARTS) is 1. The number of benzene rings is 2. The van der Waals surface area contributed by atoms with Crippen molar-refractivity contribution in [2.45, 2.75) is 37.3 Å². The van der Waals surface area contributed by atoms with Crippen molar-refractivity contribution in [2.75, 3.05) is 11.9 Å². The predicted octanol–water partition coefficient (Wildman–Crippen LogP) is 3.98. The van der Waals surface area contributed by atoms with E-state index in [-0.39, 0.29) is 41.4 Å². The van der Waals surface area contributed by atoms with Gasteiger partial charge in [0.25, 0.3) is 5.91 Å². The summed E-state index contributed by atoms with van der Waals surface area (Å²) in [5.74, 6) is -2.23. The van der Waals surface area contributed by atoms with E-state index >= 15 is 0 Å². The number of amides is 1. The second-order valence-corrected chi connectivity index (χ2v) is 10.6. The molecule has 0 unspecified atom stereocenters. The van der Waals surface area contributed by atoms with Crippen molar-refractivity contribution in [1.82, 2.24) is 4.98 Å². The van der Waals surface area contributed by atoms with E-state index in [0.717, 1.165) is 0 Å². The summed E-state index contributed by atoms with van der Waals surface area (Å²) in [5, 5.41) is 11.9. The largest absolute Gasteiger partial charge is 0.481 e. The Balaban J connectivity index is 1.77. The average Bonchev–Trinajstić information content (AvgIpc) is 3.33. The van der Waals surface area contributed by atoms with E-state index in [1.165, 1.54) is 18.2 Å². The van der Waals surface area contributed by atoms with Crippen LogP contribution in [0.25, 0.3) is 11.6 Å². The molecule has 0 aliphatic carbocycles. The summed E-state index contributed by atoms with van der Waals surface area (Å²) in [6.45, 7) is 3.51. The number of hydrogen-bond acceptors (Lipinski definition) is 6. The van der Waals surface area contributed by atoms with Gasteiger partial charge in [-0.2, -0.15) is 0 Å². The molecule has 0 saturated carbocycles. The molecule has 1 amide bonds. The molecule has 0 saturated heterocycles. The van der Waals surface area contributed by atoms with Crippen LogP contribution in [0.3, 0.4) is 0 Å². The smallest absolute Gasteiger partial charge is 0.355 e. The number of nitrogens with one attached hydrogen (secondary N) is 2. The molecule has 3 N–H and O–H groups in total. The fraction of sp³-hybridized carbons (Fsp3) is 0.222. The third-order valence-electron chi connectivity index (χ3n) is 6.10. The van der Waals surface area contributed by atoms with Gasteiger partial charge in [-0.3, -0.25) is 9.59 Å². The molecule has 0 spiro atoms. The highest BCUT2D eigenvalue weighted by Gasteiger charge is 2.28. The first-order valence-electron chi connectivity index (χ1n) is 11.6. The second kappa shape index (κ2) is 10.4. The van der Waals surface area contributed by atoms with Gasteiger partial charge in [-0.1, -0.05) is 30.3 Å². The number of H-pyrrole nitrogens is 1. The van der Waals surface area contributed by atoms with Crippen LogP contribution in [-0.2, 0) is 36.3 Å². The molecule has 4 rings (SSSR count). The van der Waals surface area contributed by atoms with Crippen LogP contribution in [-0.4, -0.2) is 43.0 Å². The normalized spacial score (nSPS) is 13.9. The minimum atomic E-state index is -3.70. The average molecular weight is 523 g/mol. The molecular weight excluding hydrogens is 496 g/mol. The van der Waals surface area contributed by atoms with Crippen LogP contribution >= 0.6 is 0 Å². The Labute approximate surface area is 214 Å². The zero-order valence-electron chi connectivity index (χ0n) is 20.3. The first kappa shape index (κ1) is 25.9. The summed E-state index contributed by atoms with van der Waals surface area (Å²) in [4.78, 5) is 39.6. The molecule has 0 atom stereocenters. The van der Waals surface area contributed by atoms with Gasteiger partial charge in [0.05, 0.1) is 22.8 Å². The number of esters is 1. The molecule has 1 aliphatic rings. The Morgan fingerprint density at radius 3 is 2.51 bits per heavy atom. The van der Waals surface area contributed by atoms with Crippen LogP contribution in [0.2, 0.25) is 0 Å². The number of carboxylic acids is 1. The Hall–Kier alpha value is -4.18. The van der Waals surface area contributed by atoms with Crippen LogP contribution in [0, 0.1) is 6.92 Å².